The van der Waals surface area contributed by atoms with Crippen LogP contribution in [0.15, 0.2) is 48.6 Å². The van der Waals surface area contributed by atoms with E-state index in [2.05, 4.69) is 95.3 Å². The van der Waals surface area contributed by atoms with Gasteiger partial charge in [0.15, 0.2) is 0 Å². The first-order chi connectivity index (χ1) is 40.6. The second kappa shape index (κ2) is 70.5. The fraction of sp³-hybridized carbons (Fsp3) is 0.896. The lowest BCUT2D eigenvalue weighted by Crippen LogP contribution is -2.56. The van der Waals surface area contributed by atoms with Crippen molar-refractivity contribution < 1.29 is 18.9 Å². The first-order valence-electron chi connectivity index (χ1n) is 37.3. The number of rotatable bonds is 71. The van der Waals surface area contributed by atoms with Gasteiger partial charge in [-0.2, -0.15) is 0 Å². The highest BCUT2D eigenvalue weighted by Crippen LogP contribution is 2.27. The van der Waals surface area contributed by atoms with Crippen LogP contribution < -0.4 is 0 Å². The van der Waals surface area contributed by atoms with E-state index in [1.54, 1.807) is 0 Å². The zero-order valence-electron chi connectivity index (χ0n) is 56.9. The number of hydrogen-bond donors (Lipinski definition) is 0. The zero-order chi connectivity index (χ0) is 59.3. The Balaban J connectivity index is 5.48. The highest BCUT2D eigenvalue weighted by molar-refractivity contribution is 4.84. The molecule has 0 atom stereocenters. The lowest BCUT2D eigenvalue weighted by Gasteiger charge is -2.41. The number of unbranched alkanes of at least 4 members (excludes halogenated alkanes) is 48. The molecule has 0 aromatic carbocycles. The molecule has 0 fully saturated rings. The molecule has 0 aliphatic carbocycles. The molecule has 0 aliphatic rings. The van der Waals surface area contributed by atoms with Gasteiger partial charge in [0.1, 0.15) is 0 Å². The van der Waals surface area contributed by atoms with E-state index in [9.17, 15) is 0 Å². The fourth-order valence-electron chi connectivity index (χ4n) is 11.4. The Morgan fingerprint density at radius 3 is 0.634 bits per heavy atom. The molecule has 82 heavy (non-hydrogen) atoms. The van der Waals surface area contributed by atoms with Gasteiger partial charge in [0.2, 0.25) is 12.1 Å². The van der Waals surface area contributed by atoms with E-state index in [4.69, 9.17) is 18.9 Å². The minimum Gasteiger partial charge on any atom is -0.348 e. The highest BCUT2D eigenvalue weighted by Gasteiger charge is 2.44. The molecule has 0 aromatic rings. The van der Waals surface area contributed by atoms with Gasteiger partial charge >= 0.3 is 0 Å². The van der Waals surface area contributed by atoms with Gasteiger partial charge in [-0.25, -0.2) is 0 Å². The summed E-state index contributed by atoms with van der Waals surface area (Å²) in [6, 6.07) is 0. The van der Waals surface area contributed by atoms with Crippen molar-refractivity contribution in [2.75, 3.05) is 47.1 Å². The maximum Gasteiger partial charge on any atom is 0.233 e. The molecule has 0 radical (unpaired) electrons. The van der Waals surface area contributed by atoms with E-state index in [0.717, 1.165) is 25.7 Å². The van der Waals surface area contributed by atoms with Crippen LogP contribution >= 0.6 is 0 Å². The Labute approximate surface area is 516 Å². The van der Waals surface area contributed by atoms with Crippen molar-refractivity contribution in [3.05, 3.63) is 48.6 Å². The molecule has 0 bridgehead atoms. The molecule has 0 aliphatic heterocycles. The third-order valence-electron chi connectivity index (χ3n) is 16.8. The molecular formula is C77H149NO4. The second-order valence-corrected chi connectivity index (χ2v) is 25.6. The zero-order valence-corrected chi connectivity index (χ0v) is 56.9. The summed E-state index contributed by atoms with van der Waals surface area (Å²) in [6.07, 6.45) is 92.0. The molecule has 5 nitrogen and oxygen atoms in total. The Kier molecular flexibility index (Phi) is 69.5. The smallest absolute Gasteiger partial charge is 0.233 e. The summed E-state index contributed by atoms with van der Waals surface area (Å²) in [5.41, 5.74) is 0. The third kappa shape index (κ3) is 61.8. The minimum absolute atomic E-state index is 0.551. The summed E-state index contributed by atoms with van der Waals surface area (Å²) >= 11 is 0. The van der Waals surface area contributed by atoms with Crippen molar-refractivity contribution in [3.63, 3.8) is 0 Å². The standard InChI is InChI=1S/C77H149NO4/c1-7-11-15-19-23-27-31-35-39-43-47-51-55-59-63-67-71-79-76(80-72-68-64-60-56-52-48-44-40-36-32-28-24-20-16-12-8-2)77(75-78(5)6,81-73-69-65-61-57-53-49-45-41-37-33-29-25-21-17-13-9-3)82-74-70-66-62-58-54-50-46-42-38-34-30-26-22-18-14-10-4/h35-42,76H,7-34,43-75H2,1-6H3/b39-35-,40-36-,41-37-,42-38-. The normalized spacial score (nSPS) is 12.5. The molecule has 0 saturated heterocycles. The quantitative estimate of drug-likeness (QED) is 0.0345. The van der Waals surface area contributed by atoms with Crippen molar-refractivity contribution in [2.24, 2.45) is 0 Å². The van der Waals surface area contributed by atoms with Crippen molar-refractivity contribution in [3.8, 4) is 0 Å². The van der Waals surface area contributed by atoms with Crippen LogP contribution in [0.4, 0.5) is 0 Å². The maximum absolute atomic E-state index is 7.08. The van der Waals surface area contributed by atoms with Crippen LogP contribution in [-0.4, -0.2) is 64.0 Å². The topological polar surface area (TPSA) is 40.2 Å². The predicted octanol–water partition coefficient (Wildman–Crippen LogP) is 25.8. The van der Waals surface area contributed by atoms with Crippen LogP contribution in [0.5, 0.6) is 0 Å². The van der Waals surface area contributed by atoms with E-state index in [0.29, 0.717) is 33.0 Å². The first kappa shape index (κ1) is 80.8. The Hall–Kier alpha value is -1.24. The third-order valence-corrected chi connectivity index (χ3v) is 16.8. The summed E-state index contributed by atoms with van der Waals surface area (Å²) in [7, 11) is 4.31. The molecule has 486 valence electrons. The van der Waals surface area contributed by atoms with Crippen molar-refractivity contribution >= 4 is 0 Å². The van der Waals surface area contributed by atoms with E-state index < -0.39 is 12.1 Å². The molecule has 0 spiro atoms. The number of likely N-dealkylation sites (N-methyl/N-ethyl adjacent to an activating group) is 1. The van der Waals surface area contributed by atoms with Gasteiger partial charge in [0, 0.05) is 13.2 Å². The molecule has 0 rings (SSSR count). The van der Waals surface area contributed by atoms with Crippen LogP contribution in [0.1, 0.15) is 387 Å². The molecule has 0 amide bonds. The summed E-state index contributed by atoms with van der Waals surface area (Å²) in [5.74, 6) is -0.960. The van der Waals surface area contributed by atoms with E-state index in [1.165, 1.54) is 334 Å². The molecular weight excluding hydrogens is 1000 g/mol. The lowest BCUT2D eigenvalue weighted by molar-refractivity contribution is -0.356. The molecule has 0 saturated carbocycles. The fourth-order valence-corrected chi connectivity index (χ4v) is 11.4. The largest absolute Gasteiger partial charge is 0.348 e. The van der Waals surface area contributed by atoms with E-state index in [-0.39, 0.29) is 0 Å². The monoisotopic (exact) mass is 1150 g/mol. The minimum atomic E-state index is -0.960. The van der Waals surface area contributed by atoms with E-state index >= 15 is 0 Å². The second-order valence-electron chi connectivity index (χ2n) is 25.6. The predicted molar refractivity (Wildman–Crippen MR) is 367 cm³/mol. The number of ether oxygens (including phenoxy) is 4. The summed E-state index contributed by atoms with van der Waals surface area (Å²) < 4.78 is 28.0. The number of allylic oxidation sites excluding steroid dienone is 8. The molecule has 0 N–H and O–H groups in total. The van der Waals surface area contributed by atoms with Gasteiger partial charge in [0.25, 0.3) is 0 Å². The van der Waals surface area contributed by atoms with Gasteiger partial charge in [-0.05, 0) is 143 Å². The van der Waals surface area contributed by atoms with Gasteiger partial charge in [-0.15, -0.1) is 0 Å². The Morgan fingerprint density at radius 1 is 0.244 bits per heavy atom. The van der Waals surface area contributed by atoms with Gasteiger partial charge in [-0.1, -0.05) is 307 Å². The van der Waals surface area contributed by atoms with Crippen molar-refractivity contribution in [1.29, 1.82) is 0 Å². The molecule has 5 heteroatoms. The summed E-state index contributed by atoms with van der Waals surface area (Å²) in [4.78, 5) is 2.23. The summed E-state index contributed by atoms with van der Waals surface area (Å²) in [5, 5.41) is 0. The van der Waals surface area contributed by atoms with Gasteiger partial charge in [0.05, 0.1) is 19.8 Å². The lowest BCUT2D eigenvalue weighted by atomic mass is 10.1. The van der Waals surface area contributed by atoms with Crippen LogP contribution in [-0.2, 0) is 18.9 Å². The van der Waals surface area contributed by atoms with Crippen LogP contribution in [0, 0.1) is 0 Å². The average Bonchev–Trinajstić information content (AvgIpc) is 3.57. The van der Waals surface area contributed by atoms with Crippen molar-refractivity contribution in [1.82, 2.24) is 4.90 Å². The van der Waals surface area contributed by atoms with Crippen LogP contribution in [0.3, 0.4) is 0 Å². The van der Waals surface area contributed by atoms with Crippen LogP contribution in [0.2, 0.25) is 0 Å². The molecule has 0 aromatic heterocycles. The van der Waals surface area contributed by atoms with Gasteiger partial charge in [-0.3, -0.25) is 0 Å². The van der Waals surface area contributed by atoms with Crippen LogP contribution in [0.25, 0.3) is 0 Å². The maximum atomic E-state index is 7.08. The number of nitrogens with zero attached hydrogens (tertiary/aromatic N) is 1. The van der Waals surface area contributed by atoms with Crippen molar-refractivity contribution in [2.45, 2.75) is 399 Å². The van der Waals surface area contributed by atoms with Gasteiger partial charge < -0.3 is 23.8 Å². The molecule has 0 unspecified atom stereocenters. The Morgan fingerprint density at radius 2 is 0.427 bits per heavy atom. The number of hydrogen-bond acceptors (Lipinski definition) is 5. The Bertz CT molecular complexity index is 1200. The molecule has 0 heterocycles. The highest BCUT2D eigenvalue weighted by atomic mass is 16.8. The first-order valence-corrected chi connectivity index (χ1v) is 37.3. The summed E-state index contributed by atoms with van der Waals surface area (Å²) in [6.45, 7) is 12.5. The SMILES string of the molecule is CCCCCCCC/C=C\CCCCCCCCOC(OCCCCCCCC/C=C\CCCCCCCC)C(CN(C)C)(OCCCCCCCC/C=C\CCCCCCCC)OCCCCCCCC/C=C\CCCCCCCC. The average molecular weight is 1150 g/mol. The van der Waals surface area contributed by atoms with E-state index in [1.807, 2.05) is 0 Å².